The van der Waals surface area contributed by atoms with Gasteiger partial charge in [-0.05, 0) is 12.1 Å². The van der Waals surface area contributed by atoms with E-state index in [1.807, 2.05) is 0 Å². The van der Waals surface area contributed by atoms with Crippen molar-refractivity contribution >= 4 is 23.4 Å². The second-order valence-corrected chi connectivity index (χ2v) is 5.51. The van der Waals surface area contributed by atoms with Crippen LogP contribution in [0.4, 0.5) is 11.6 Å². The van der Waals surface area contributed by atoms with Crippen molar-refractivity contribution in [1.29, 1.82) is 0 Å². The van der Waals surface area contributed by atoms with Gasteiger partial charge in [-0.3, -0.25) is 9.78 Å². The van der Waals surface area contributed by atoms with Gasteiger partial charge in [0.15, 0.2) is 0 Å². The highest BCUT2D eigenvalue weighted by Gasteiger charge is 2.18. The molecule has 0 radical (unpaired) electrons. The van der Waals surface area contributed by atoms with Gasteiger partial charge in [-0.25, -0.2) is 4.98 Å². The number of thioether (sulfide) groups is 1. The first kappa shape index (κ1) is 13.8. The Balaban J connectivity index is 1.97. The number of aromatic amines is 1. The summed E-state index contributed by atoms with van der Waals surface area (Å²) in [6.07, 6.45) is 0. The van der Waals surface area contributed by atoms with E-state index in [2.05, 4.69) is 15.3 Å². The predicted octanol–water partition coefficient (Wildman–Crippen LogP) is 2.28. The maximum absolute atomic E-state index is 12.0. The van der Waals surface area contributed by atoms with Gasteiger partial charge in [-0.15, -0.1) is 0 Å². The SMILES string of the molecule is COc1ccc(OC)c(Nc2nc3c(c(=O)[nH]2)CSC3)c1. The van der Waals surface area contributed by atoms with Gasteiger partial charge in [-0.2, -0.15) is 11.8 Å². The molecule has 0 saturated heterocycles. The van der Waals surface area contributed by atoms with Crippen molar-refractivity contribution in [1.82, 2.24) is 9.97 Å². The lowest BCUT2D eigenvalue weighted by Gasteiger charge is -2.12. The highest BCUT2D eigenvalue weighted by Crippen LogP contribution is 2.31. The van der Waals surface area contributed by atoms with E-state index < -0.39 is 0 Å². The number of benzene rings is 1. The van der Waals surface area contributed by atoms with Crippen LogP contribution in [-0.4, -0.2) is 24.2 Å². The fourth-order valence-electron chi connectivity index (χ4n) is 2.16. The van der Waals surface area contributed by atoms with E-state index in [0.717, 1.165) is 22.8 Å². The first-order valence-electron chi connectivity index (χ1n) is 6.40. The summed E-state index contributed by atoms with van der Waals surface area (Å²) < 4.78 is 10.5. The van der Waals surface area contributed by atoms with Crippen LogP contribution in [0.3, 0.4) is 0 Å². The molecule has 21 heavy (non-hydrogen) atoms. The second-order valence-electron chi connectivity index (χ2n) is 4.52. The van der Waals surface area contributed by atoms with Crippen LogP contribution in [0, 0.1) is 0 Å². The van der Waals surface area contributed by atoms with Gasteiger partial charge < -0.3 is 14.8 Å². The molecule has 0 amide bonds. The van der Waals surface area contributed by atoms with Crippen LogP contribution in [0.25, 0.3) is 0 Å². The summed E-state index contributed by atoms with van der Waals surface area (Å²) in [5.74, 6) is 3.24. The molecule has 0 spiro atoms. The van der Waals surface area contributed by atoms with Crippen LogP contribution >= 0.6 is 11.8 Å². The molecule has 7 heteroatoms. The van der Waals surface area contributed by atoms with Crippen molar-refractivity contribution in [3.8, 4) is 11.5 Å². The summed E-state index contributed by atoms with van der Waals surface area (Å²) >= 11 is 1.69. The van der Waals surface area contributed by atoms with Gasteiger partial charge in [0.25, 0.3) is 5.56 Å². The van der Waals surface area contributed by atoms with E-state index in [0.29, 0.717) is 23.1 Å². The minimum absolute atomic E-state index is 0.0886. The van der Waals surface area contributed by atoms with Gasteiger partial charge in [-0.1, -0.05) is 0 Å². The van der Waals surface area contributed by atoms with Crippen LogP contribution < -0.4 is 20.3 Å². The molecule has 0 fully saturated rings. The van der Waals surface area contributed by atoms with E-state index in [9.17, 15) is 4.79 Å². The van der Waals surface area contributed by atoms with Crippen molar-refractivity contribution in [3.63, 3.8) is 0 Å². The molecule has 0 atom stereocenters. The summed E-state index contributed by atoms with van der Waals surface area (Å²) in [4.78, 5) is 19.2. The summed E-state index contributed by atoms with van der Waals surface area (Å²) in [6.45, 7) is 0. The number of H-pyrrole nitrogens is 1. The molecule has 1 aromatic carbocycles. The Hall–Kier alpha value is -2.15. The van der Waals surface area contributed by atoms with Crippen molar-refractivity contribution in [3.05, 3.63) is 39.8 Å². The van der Waals surface area contributed by atoms with Gasteiger partial charge >= 0.3 is 0 Å². The first-order chi connectivity index (χ1) is 10.2. The fourth-order valence-corrected chi connectivity index (χ4v) is 3.20. The molecule has 1 aromatic heterocycles. The smallest absolute Gasteiger partial charge is 0.256 e. The molecule has 0 unspecified atom stereocenters. The zero-order valence-electron chi connectivity index (χ0n) is 11.7. The van der Waals surface area contributed by atoms with Gasteiger partial charge in [0, 0.05) is 23.1 Å². The van der Waals surface area contributed by atoms with Crippen LogP contribution in [0.5, 0.6) is 11.5 Å². The zero-order valence-corrected chi connectivity index (χ0v) is 12.5. The topological polar surface area (TPSA) is 76.2 Å². The van der Waals surface area contributed by atoms with Crippen LogP contribution in [-0.2, 0) is 11.5 Å². The Labute approximate surface area is 125 Å². The number of aromatic nitrogens is 2. The standard InChI is InChI=1S/C14H15N3O3S/c1-19-8-3-4-12(20-2)10(5-8)15-14-16-11-7-21-6-9(11)13(18)17-14/h3-5H,6-7H2,1-2H3,(H2,15,16,17,18). The number of methoxy groups -OCH3 is 2. The molecule has 2 N–H and O–H groups in total. The lowest BCUT2D eigenvalue weighted by molar-refractivity contribution is 0.405. The van der Waals surface area contributed by atoms with Gasteiger partial charge in [0.1, 0.15) is 11.5 Å². The first-order valence-corrected chi connectivity index (χ1v) is 7.55. The minimum atomic E-state index is -0.0886. The monoisotopic (exact) mass is 305 g/mol. The van der Waals surface area contributed by atoms with Crippen molar-refractivity contribution in [2.75, 3.05) is 19.5 Å². The molecule has 3 rings (SSSR count). The van der Waals surface area contributed by atoms with Crippen molar-refractivity contribution in [2.45, 2.75) is 11.5 Å². The summed E-state index contributed by atoms with van der Waals surface area (Å²) in [6, 6.07) is 5.39. The molecule has 2 aromatic rings. The van der Waals surface area contributed by atoms with Crippen molar-refractivity contribution < 1.29 is 9.47 Å². The molecule has 1 aliphatic rings. The third-order valence-electron chi connectivity index (χ3n) is 3.25. The molecule has 1 aliphatic heterocycles. The van der Waals surface area contributed by atoms with E-state index >= 15 is 0 Å². The van der Waals surface area contributed by atoms with Gasteiger partial charge in [0.05, 0.1) is 25.6 Å². The molecular formula is C14H15N3O3S. The molecule has 2 heterocycles. The summed E-state index contributed by atoms with van der Waals surface area (Å²) in [5, 5.41) is 3.09. The summed E-state index contributed by atoms with van der Waals surface area (Å²) in [7, 11) is 3.18. The number of hydrogen-bond acceptors (Lipinski definition) is 6. The number of anilines is 2. The minimum Gasteiger partial charge on any atom is -0.497 e. The molecule has 110 valence electrons. The predicted molar refractivity (Wildman–Crippen MR) is 82.7 cm³/mol. The Bertz CT molecular complexity index is 730. The quantitative estimate of drug-likeness (QED) is 0.902. The molecule has 6 nitrogen and oxygen atoms in total. The number of hydrogen-bond donors (Lipinski definition) is 2. The Morgan fingerprint density at radius 1 is 1.29 bits per heavy atom. The lowest BCUT2D eigenvalue weighted by atomic mass is 10.2. The molecule has 0 saturated carbocycles. The van der Waals surface area contributed by atoms with Crippen molar-refractivity contribution in [2.24, 2.45) is 0 Å². The maximum atomic E-state index is 12.0. The summed E-state index contributed by atoms with van der Waals surface area (Å²) in [5.41, 5.74) is 2.20. The lowest BCUT2D eigenvalue weighted by Crippen LogP contribution is -2.16. The van der Waals surface area contributed by atoms with Crippen LogP contribution in [0.2, 0.25) is 0 Å². The normalized spacial score (nSPS) is 12.9. The highest BCUT2D eigenvalue weighted by molar-refractivity contribution is 7.98. The second kappa shape index (κ2) is 5.69. The van der Waals surface area contributed by atoms with Gasteiger partial charge in [0.2, 0.25) is 5.95 Å². The van der Waals surface area contributed by atoms with E-state index in [-0.39, 0.29) is 5.56 Å². The molecule has 0 aliphatic carbocycles. The number of nitrogens with zero attached hydrogens (tertiary/aromatic N) is 1. The third kappa shape index (κ3) is 2.69. The van der Waals surface area contributed by atoms with E-state index in [1.165, 1.54) is 0 Å². The molecular weight excluding hydrogens is 290 g/mol. The van der Waals surface area contributed by atoms with E-state index in [4.69, 9.17) is 9.47 Å². The highest BCUT2D eigenvalue weighted by atomic mass is 32.2. The Kier molecular flexibility index (Phi) is 3.74. The number of fused-ring (bicyclic) bond motifs is 1. The Morgan fingerprint density at radius 3 is 2.90 bits per heavy atom. The molecule has 0 bridgehead atoms. The largest absolute Gasteiger partial charge is 0.497 e. The average Bonchev–Trinajstić information content (AvgIpc) is 2.96. The average molecular weight is 305 g/mol. The van der Waals surface area contributed by atoms with E-state index in [1.54, 1.807) is 44.2 Å². The number of nitrogens with one attached hydrogen (secondary N) is 2. The zero-order chi connectivity index (χ0) is 14.8. The number of rotatable bonds is 4. The third-order valence-corrected chi connectivity index (χ3v) is 4.22. The fraction of sp³-hybridized carbons (Fsp3) is 0.286. The van der Waals surface area contributed by atoms with Crippen LogP contribution in [0.1, 0.15) is 11.3 Å². The Morgan fingerprint density at radius 2 is 2.14 bits per heavy atom. The van der Waals surface area contributed by atoms with Crippen LogP contribution in [0.15, 0.2) is 23.0 Å². The maximum Gasteiger partial charge on any atom is 0.256 e. The number of ether oxygens (including phenoxy) is 2.